The van der Waals surface area contributed by atoms with E-state index in [0.717, 1.165) is 17.1 Å². The quantitative estimate of drug-likeness (QED) is 0.205. The van der Waals surface area contributed by atoms with Crippen LogP contribution in [-0.4, -0.2) is 76.4 Å². The highest BCUT2D eigenvalue weighted by molar-refractivity contribution is 8.02. The fourth-order valence-corrected chi connectivity index (χ4v) is 9.15. The molecule has 1 N–H and O–H groups in total. The number of anilines is 1. The molecule has 10 nitrogen and oxygen atoms in total. The van der Waals surface area contributed by atoms with Gasteiger partial charge in [0.25, 0.3) is 0 Å². The van der Waals surface area contributed by atoms with Crippen LogP contribution in [0.2, 0.25) is 10.0 Å². The van der Waals surface area contributed by atoms with Gasteiger partial charge >= 0.3 is 12.6 Å². The number of halogens is 4. The number of pyridine rings is 1. The van der Waals surface area contributed by atoms with Crippen LogP contribution in [0, 0.1) is 5.92 Å². The number of esters is 1. The highest BCUT2D eigenvalue weighted by atomic mass is 35.5. The lowest BCUT2D eigenvalue weighted by atomic mass is 9.92. The van der Waals surface area contributed by atoms with Gasteiger partial charge in [-0.15, -0.1) is 11.8 Å². The van der Waals surface area contributed by atoms with E-state index in [1.54, 1.807) is 36.7 Å². The van der Waals surface area contributed by atoms with Crippen molar-refractivity contribution in [3.05, 3.63) is 70.0 Å². The number of H-pyrrole nitrogens is 1. The molecule has 3 aliphatic rings. The van der Waals surface area contributed by atoms with Crippen molar-refractivity contribution in [1.82, 2.24) is 4.31 Å². The summed E-state index contributed by atoms with van der Waals surface area (Å²) in [6.07, 6.45) is 5.34. The van der Waals surface area contributed by atoms with Gasteiger partial charge in [-0.05, 0) is 61.1 Å². The van der Waals surface area contributed by atoms with E-state index < -0.39 is 33.9 Å². The van der Waals surface area contributed by atoms with Crippen molar-refractivity contribution in [1.29, 1.82) is 0 Å². The lowest BCUT2D eigenvalue weighted by molar-refractivity contribution is -0.377. The Kier molecular flexibility index (Phi) is 10.8. The van der Waals surface area contributed by atoms with E-state index >= 15 is 0 Å². The second-order valence-corrected chi connectivity index (χ2v) is 15.6. The van der Waals surface area contributed by atoms with Crippen molar-refractivity contribution >= 4 is 56.6 Å². The molecule has 2 aliphatic heterocycles. The van der Waals surface area contributed by atoms with Gasteiger partial charge < -0.3 is 23.8 Å². The molecule has 6 rings (SSSR count). The number of rotatable bonds is 13. The molecular formula is C32H34Cl2F2N3O7S2+. The molecule has 0 amide bonds. The van der Waals surface area contributed by atoms with Crippen LogP contribution < -0.4 is 24.1 Å². The van der Waals surface area contributed by atoms with E-state index in [2.05, 4.69) is 4.98 Å². The monoisotopic (exact) mass is 744 g/mol. The van der Waals surface area contributed by atoms with E-state index in [9.17, 15) is 22.0 Å². The molecular weight excluding hydrogens is 711 g/mol. The Balaban J connectivity index is 1.24. The first-order valence-electron chi connectivity index (χ1n) is 15.3. The minimum Gasteiger partial charge on any atom is -0.490 e. The third-order valence-electron chi connectivity index (χ3n) is 8.38. The number of hydrogen-bond donors (Lipinski definition) is 0. The highest BCUT2D eigenvalue weighted by Gasteiger charge is 2.42. The number of nitrogens with zero attached hydrogens (tertiary/aromatic N) is 2. The molecule has 1 aromatic heterocycles. The molecule has 16 heteroatoms. The first-order chi connectivity index (χ1) is 23.0. The number of thioether (sulfide) groups is 1. The van der Waals surface area contributed by atoms with Gasteiger partial charge in [-0.3, -0.25) is 0 Å². The van der Waals surface area contributed by atoms with Crippen LogP contribution >= 0.6 is 35.0 Å². The predicted molar refractivity (Wildman–Crippen MR) is 177 cm³/mol. The highest BCUT2D eigenvalue weighted by Crippen LogP contribution is 2.39. The molecule has 3 heterocycles. The van der Waals surface area contributed by atoms with Crippen molar-refractivity contribution in [2.75, 3.05) is 50.6 Å². The average Bonchev–Trinajstić information content (AvgIpc) is 3.75. The first-order valence-corrected chi connectivity index (χ1v) is 18.6. The number of fused-ring (bicyclic) bond motifs is 1. The van der Waals surface area contributed by atoms with E-state index in [1.165, 1.54) is 23.9 Å². The Morgan fingerprint density at radius 1 is 1.10 bits per heavy atom. The third-order valence-corrected chi connectivity index (χ3v) is 12.2. The van der Waals surface area contributed by atoms with Gasteiger partial charge in [0.1, 0.15) is 22.4 Å². The summed E-state index contributed by atoms with van der Waals surface area (Å²) in [5.74, 6) is 0.0652. The van der Waals surface area contributed by atoms with Crippen LogP contribution in [-0.2, 0) is 26.0 Å². The second kappa shape index (κ2) is 14.8. The molecule has 1 aliphatic carbocycles. The number of carbonyl (C=O) groups excluding carboxylic acids is 1. The number of likely N-dealkylation sites (N-methyl/N-ethyl adjacent to an activating group) is 1. The average molecular weight is 746 g/mol. The number of ether oxygens (including phenoxy) is 4. The van der Waals surface area contributed by atoms with Crippen LogP contribution in [0.3, 0.4) is 0 Å². The summed E-state index contributed by atoms with van der Waals surface area (Å²) >= 11 is 14.1. The maximum absolute atomic E-state index is 13.8. The summed E-state index contributed by atoms with van der Waals surface area (Å²) in [7, 11) is -2.21. The molecule has 2 aromatic carbocycles. The largest absolute Gasteiger partial charge is 0.490 e. The standard InChI is InChI=1S/C32H33Cl2F2N3O7S2/c1-38-8-10-43-27-7-5-22(14-26(27)38)48(41,42)39-9-11-47-30(39)31(40)45-18-21(12-23-24(33)15-37-16-25(23)34)20-4-6-28(46-32(35)36)29(13-20)44-17-19-2-3-19/h4-7,13-16,19,21,30,32H,2-3,8-12,17-18H2,1H3/p+1/t21-,30+/m1/s1. The minimum atomic E-state index is -4.07. The number of alkyl halides is 2. The van der Waals surface area contributed by atoms with Crippen molar-refractivity contribution in [2.45, 2.75) is 42.1 Å². The summed E-state index contributed by atoms with van der Waals surface area (Å²) in [5.41, 5.74) is 1.82. The van der Waals surface area contributed by atoms with E-state index in [-0.39, 0.29) is 36.0 Å². The van der Waals surface area contributed by atoms with Gasteiger partial charge in [0.05, 0.1) is 30.3 Å². The number of carbonyl (C=O) groups is 1. The molecule has 0 bridgehead atoms. The molecule has 0 radical (unpaired) electrons. The van der Waals surface area contributed by atoms with Gasteiger partial charge in [-0.1, -0.05) is 29.3 Å². The number of aromatic amines is 1. The van der Waals surface area contributed by atoms with Crippen LogP contribution in [0.1, 0.15) is 29.9 Å². The van der Waals surface area contributed by atoms with Gasteiger partial charge in [0.2, 0.25) is 10.0 Å². The topological polar surface area (TPSA) is 109 Å². The maximum atomic E-state index is 13.8. The van der Waals surface area contributed by atoms with Crippen LogP contribution in [0.5, 0.6) is 17.2 Å². The smallest absolute Gasteiger partial charge is 0.387 e. The number of benzene rings is 2. The molecule has 1 saturated heterocycles. The summed E-state index contributed by atoms with van der Waals surface area (Å²) in [6, 6.07) is 9.23. The zero-order chi connectivity index (χ0) is 34.0. The van der Waals surface area contributed by atoms with Crippen molar-refractivity contribution < 1.29 is 45.9 Å². The Morgan fingerprint density at radius 2 is 1.88 bits per heavy atom. The van der Waals surface area contributed by atoms with E-state index in [0.29, 0.717) is 64.0 Å². The van der Waals surface area contributed by atoms with Crippen molar-refractivity contribution in [3.8, 4) is 17.2 Å². The number of aromatic nitrogens is 1. The fraction of sp³-hybridized carbons (Fsp3) is 0.438. The molecule has 258 valence electrons. The first kappa shape index (κ1) is 34.8. The third kappa shape index (κ3) is 7.88. The number of sulfonamides is 1. The molecule has 1 saturated carbocycles. The van der Waals surface area contributed by atoms with E-state index in [4.69, 9.17) is 42.1 Å². The lowest BCUT2D eigenvalue weighted by Crippen LogP contribution is -2.40. The van der Waals surface area contributed by atoms with Gasteiger partial charge in [-0.25, -0.2) is 18.2 Å². The van der Waals surface area contributed by atoms with Gasteiger partial charge in [-0.2, -0.15) is 13.1 Å². The maximum Gasteiger partial charge on any atom is 0.387 e. The SMILES string of the molecule is CN1CCOc2ccc(S(=O)(=O)N3CCS[C@H]3C(=O)OC[C@@H](Cc3c(Cl)c[nH+]cc3Cl)c3ccc(OC(F)F)c(OCC4CC4)c3)cc21. The Bertz CT molecular complexity index is 1750. The predicted octanol–water partition coefficient (Wildman–Crippen LogP) is 5.66. The second-order valence-electron chi connectivity index (χ2n) is 11.7. The fourth-order valence-electron chi connectivity index (χ4n) is 5.53. The Labute approximate surface area is 291 Å². The summed E-state index contributed by atoms with van der Waals surface area (Å²) in [6.45, 7) is -1.65. The zero-order valence-corrected chi connectivity index (χ0v) is 29.0. The molecule has 0 spiro atoms. The lowest BCUT2D eigenvalue weighted by Gasteiger charge is -2.29. The van der Waals surface area contributed by atoms with Crippen LogP contribution in [0.4, 0.5) is 14.5 Å². The molecule has 48 heavy (non-hydrogen) atoms. The van der Waals surface area contributed by atoms with Crippen molar-refractivity contribution in [2.24, 2.45) is 5.92 Å². The minimum absolute atomic E-state index is 0.0479. The number of hydrogen-bond acceptors (Lipinski definition) is 9. The van der Waals surface area contributed by atoms with Crippen LogP contribution in [0.25, 0.3) is 0 Å². The number of nitrogens with one attached hydrogen (secondary N) is 1. The summed E-state index contributed by atoms with van der Waals surface area (Å²) in [4.78, 5) is 18.4. The molecule has 3 aromatic rings. The summed E-state index contributed by atoms with van der Waals surface area (Å²) < 4.78 is 77.2. The Morgan fingerprint density at radius 3 is 2.60 bits per heavy atom. The van der Waals surface area contributed by atoms with Gasteiger partial charge in [0.15, 0.2) is 29.3 Å². The zero-order valence-electron chi connectivity index (χ0n) is 25.9. The normalized spacial score (nSPS) is 18.7. The van der Waals surface area contributed by atoms with Crippen molar-refractivity contribution in [3.63, 3.8) is 0 Å². The van der Waals surface area contributed by atoms with Gasteiger partial charge in [0, 0.05) is 30.8 Å². The molecule has 2 atom stereocenters. The van der Waals surface area contributed by atoms with E-state index in [1.807, 2.05) is 11.9 Å². The Hall–Kier alpha value is -3.04. The van der Waals surface area contributed by atoms with Crippen LogP contribution in [0.15, 0.2) is 53.7 Å². The molecule has 0 unspecified atom stereocenters. The molecule has 2 fully saturated rings. The summed E-state index contributed by atoms with van der Waals surface area (Å²) in [5, 5.41) is -0.406.